The van der Waals surface area contributed by atoms with E-state index in [-0.39, 0.29) is 41.2 Å². The molecule has 1 unspecified atom stereocenters. The lowest BCUT2D eigenvalue weighted by atomic mass is 9.98. The normalized spacial score (nSPS) is 16.8. The first-order valence-corrected chi connectivity index (χ1v) is 12.9. The molecule has 4 rings (SSSR count). The highest BCUT2D eigenvalue weighted by Crippen LogP contribution is 2.36. The van der Waals surface area contributed by atoms with Crippen molar-refractivity contribution in [2.45, 2.75) is 38.6 Å². The molecule has 1 heterocycles. The Hall–Kier alpha value is -3.73. The van der Waals surface area contributed by atoms with Gasteiger partial charge in [-0.3, -0.25) is 14.4 Å². The Kier molecular flexibility index (Phi) is 9.01. The van der Waals surface area contributed by atoms with Crippen LogP contribution in [-0.4, -0.2) is 55.1 Å². The number of alkyl carbamates (subject to hydrolysis) is 1. The molecule has 3 amide bonds. The number of benzene rings is 2. The SMILES string of the molecule is CC(=O)OCC(=O)N1CCC(COC(=O)NC2CCc3c(C(=O)Nc4ccc(F)c(Cl)c4)ccc(F)c32)CC1. The summed E-state index contributed by atoms with van der Waals surface area (Å²) >= 11 is 5.78. The minimum absolute atomic E-state index is 0.0522. The average Bonchev–Trinajstić information content (AvgIpc) is 3.33. The van der Waals surface area contributed by atoms with Crippen LogP contribution in [0.1, 0.15) is 53.7 Å². The maximum absolute atomic E-state index is 14.8. The Balaban J connectivity index is 1.30. The van der Waals surface area contributed by atoms with E-state index in [9.17, 15) is 28.0 Å². The van der Waals surface area contributed by atoms with Crippen molar-refractivity contribution in [1.82, 2.24) is 10.2 Å². The molecular weight excluding hydrogens is 536 g/mol. The number of fused-ring (bicyclic) bond motifs is 1. The van der Waals surface area contributed by atoms with Crippen LogP contribution in [0.25, 0.3) is 0 Å². The van der Waals surface area contributed by atoms with Crippen LogP contribution in [0.2, 0.25) is 5.02 Å². The van der Waals surface area contributed by atoms with Gasteiger partial charge in [0.2, 0.25) is 0 Å². The number of hydrogen-bond acceptors (Lipinski definition) is 6. The van der Waals surface area contributed by atoms with E-state index in [0.717, 1.165) is 6.07 Å². The molecule has 1 atom stereocenters. The molecule has 2 N–H and O–H groups in total. The van der Waals surface area contributed by atoms with E-state index in [1.165, 1.54) is 31.2 Å². The van der Waals surface area contributed by atoms with Crippen LogP contribution in [0.5, 0.6) is 0 Å². The van der Waals surface area contributed by atoms with Crippen LogP contribution in [0, 0.1) is 17.6 Å². The van der Waals surface area contributed by atoms with Crippen molar-refractivity contribution in [1.29, 1.82) is 0 Å². The van der Waals surface area contributed by atoms with Crippen LogP contribution in [0.4, 0.5) is 19.3 Å². The number of anilines is 1. The molecule has 12 heteroatoms. The molecule has 0 bridgehead atoms. The lowest BCUT2D eigenvalue weighted by Crippen LogP contribution is -2.41. The van der Waals surface area contributed by atoms with Crippen LogP contribution in [0.15, 0.2) is 30.3 Å². The highest BCUT2D eigenvalue weighted by atomic mass is 35.5. The Bertz CT molecular complexity index is 1280. The first-order chi connectivity index (χ1) is 18.6. The van der Waals surface area contributed by atoms with Gasteiger partial charge in [-0.15, -0.1) is 0 Å². The fourth-order valence-corrected chi connectivity index (χ4v) is 5.01. The van der Waals surface area contributed by atoms with Crippen molar-refractivity contribution in [3.63, 3.8) is 0 Å². The average molecular weight is 564 g/mol. The summed E-state index contributed by atoms with van der Waals surface area (Å²) in [6.45, 7) is 2.02. The van der Waals surface area contributed by atoms with Crippen molar-refractivity contribution in [2.75, 3.05) is 31.6 Å². The van der Waals surface area contributed by atoms with Gasteiger partial charge in [0.15, 0.2) is 6.61 Å². The Morgan fingerprint density at radius 3 is 2.44 bits per heavy atom. The number of piperidine rings is 1. The van der Waals surface area contributed by atoms with Gasteiger partial charge in [-0.2, -0.15) is 0 Å². The molecule has 0 aromatic heterocycles. The molecular formula is C27H28ClF2N3O6. The van der Waals surface area contributed by atoms with Crippen molar-refractivity contribution in [3.05, 3.63) is 63.7 Å². The maximum Gasteiger partial charge on any atom is 0.407 e. The summed E-state index contributed by atoms with van der Waals surface area (Å²) in [4.78, 5) is 49.9. The van der Waals surface area contributed by atoms with Crippen molar-refractivity contribution < 1.29 is 37.4 Å². The van der Waals surface area contributed by atoms with Crippen LogP contribution >= 0.6 is 11.6 Å². The maximum atomic E-state index is 14.8. The lowest BCUT2D eigenvalue weighted by molar-refractivity contribution is -0.150. The molecule has 0 saturated carbocycles. The number of nitrogens with zero attached hydrogens (tertiary/aromatic N) is 1. The molecule has 0 spiro atoms. The van der Waals surface area contributed by atoms with E-state index in [4.69, 9.17) is 21.1 Å². The van der Waals surface area contributed by atoms with Crippen molar-refractivity contribution in [3.8, 4) is 0 Å². The number of esters is 1. The highest BCUT2D eigenvalue weighted by molar-refractivity contribution is 6.31. The predicted molar refractivity (Wildman–Crippen MR) is 137 cm³/mol. The monoisotopic (exact) mass is 563 g/mol. The topological polar surface area (TPSA) is 114 Å². The zero-order chi connectivity index (χ0) is 28.1. The third kappa shape index (κ3) is 7.03. The summed E-state index contributed by atoms with van der Waals surface area (Å²) in [7, 11) is 0. The van der Waals surface area contributed by atoms with E-state index < -0.39 is 35.6 Å². The number of carbonyl (C=O) groups excluding carboxylic acids is 4. The first kappa shape index (κ1) is 28.3. The quantitative estimate of drug-likeness (QED) is 0.483. The number of likely N-dealkylation sites (tertiary alicyclic amines) is 1. The number of rotatable bonds is 7. The third-order valence-electron chi connectivity index (χ3n) is 6.87. The smallest absolute Gasteiger partial charge is 0.407 e. The van der Waals surface area contributed by atoms with Gasteiger partial charge >= 0.3 is 12.1 Å². The minimum atomic E-state index is -0.698. The van der Waals surface area contributed by atoms with E-state index in [0.29, 0.717) is 50.0 Å². The minimum Gasteiger partial charge on any atom is -0.456 e. The van der Waals surface area contributed by atoms with Gasteiger partial charge in [-0.05, 0) is 67.5 Å². The fourth-order valence-electron chi connectivity index (χ4n) is 4.83. The van der Waals surface area contributed by atoms with Crippen LogP contribution < -0.4 is 10.6 Å². The molecule has 39 heavy (non-hydrogen) atoms. The third-order valence-corrected chi connectivity index (χ3v) is 7.16. The molecule has 1 aliphatic carbocycles. The van der Waals surface area contributed by atoms with Crippen molar-refractivity contribution >= 4 is 41.2 Å². The summed E-state index contributed by atoms with van der Waals surface area (Å²) < 4.78 is 38.3. The molecule has 208 valence electrons. The summed E-state index contributed by atoms with van der Waals surface area (Å²) in [6.07, 6.45) is 1.30. The number of halogens is 3. The summed E-state index contributed by atoms with van der Waals surface area (Å²) in [5.74, 6) is -2.39. The second-order valence-corrected chi connectivity index (χ2v) is 9.92. The number of ether oxygens (including phenoxy) is 2. The van der Waals surface area contributed by atoms with Gasteiger partial charge in [0, 0.05) is 36.8 Å². The molecule has 0 radical (unpaired) electrons. The van der Waals surface area contributed by atoms with Gasteiger partial charge in [0.1, 0.15) is 11.6 Å². The van der Waals surface area contributed by atoms with Crippen LogP contribution in [0.3, 0.4) is 0 Å². The fraction of sp³-hybridized carbons (Fsp3) is 0.407. The zero-order valence-electron chi connectivity index (χ0n) is 21.2. The highest BCUT2D eigenvalue weighted by Gasteiger charge is 2.32. The van der Waals surface area contributed by atoms with Gasteiger partial charge < -0.3 is 25.0 Å². The van der Waals surface area contributed by atoms with Gasteiger partial charge in [0.05, 0.1) is 17.7 Å². The zero-order valence-corrected chi connectivity index (χ0v) is 22.0. The molecule has 1 saturated heterocycles. The first-order valence-electron chi connectivity index (χ1n) is 12.5. The van der Waals surface area contributed by atoms with Crippen LogP contribution in [-0.2, 0) is 25.5 Å². The van der Waals surface area contributed by atoms with Gasteiger partial charge in [-0.25, -0.2) is 13.6 Å². The molecule has 2 aliphatic rings. The number of amides is 3. The summed E-state index contributed by atoms with van der Waals surface area (Å²) in [5, 5.41) is 5.19. The van der Waals surface area contributed by atoms with E-state index in [1.807, 2.05) is 0 Å². The van der Waals surface area contributed by atoms with E-state index in [2.05, 4.69) is 10.6 Å². The van der Waals surface area contributed by atoms with Gasteiger partial charge in [-0.1, -0.05) is 11.6 Å². The number of hydrogen-bond donors (Lipinski definition) is 2. The molecule has 9 nitrogen and oxygen atoms in total. The summed E-state index contributed by atoms with van der Waals surface area (Å²) in [5.41, 5.74) is 1.26. The molecule has 1 fully saturated rings. The second kappa shape index (κ2) is 12.4. The molecule has 2 aromatic rings. The Morgan fingerprint density at radius 1 is 1.03 bits per heavy atom. The summed E-state index contributed by atoms with van der Waals surface area (Å²) in [6, 6.07) is 5.66. The molecule has 2 aromatic carbocycles. The predicted octanol–water partition coefficient (Wildman–Crippen LogP) is 4.39. The van der Waals surface area contributed by atoms with Gasteiger partial charge in [0.25, 0.3) is 11.8 Å². The lowest BCUT2D eigenvalue weighted by Gasteiger charge is -2.31. The van der Waals surface area contributed by atoms with E-state index >= 15 is 0 Å². The molecule has 1 aliphatic heterocycles. The number of carbonyl (C=O) groups is 4. The number of nitrogens with one attached hydrogen (secondary N) is 2. The Morgan fingerprint density at radius 2 is 1.74 bits per heavy atom. The Labute approximate surface area is 228 Å². The second-order valence-electron chi connectivity index (χ2n) is 9.51. The van der Waals surface area contributed by atoms with Crippen molar-refractivity contribution in [2.24, 2.45) is 5.92 Å². The standard InChI is InChI=1S/C27H28ClF2N3O6/c1-15(34)38-14-24(35)33-10-8-16(9-11-33)13-39-27(37)32-23-7-4-18-19(3-6-22(30)25(18)23)26(36)31-17-2-5-21(29)20(28)12-17/h2-3,5-6,12,16,23H,4,7-11,13-14H2,1H3,(H,31,36)(H,32,37). The van der Waals surface area contributed by atoms with E-state index in [1.54, 1.807) is 4.90 Å². The largest absolute Gasteiger partial charge is 0.456 e.